The van der Waals surface area contributed by atoms with Crippen molar-refractivity contribution in [3.63, 3.8) is 0 Å². The van der Waals surface area contributed by atoms with Crippen LogP contribution in [0.15, 0.2) is 59.9 Å². The number of pyridine rings is 1. The number of halogens is 3. The smallest absolute Gasteiger partial charge is 0.277 e. The molecule has 0 aliphatic rings. The molecule has 0 unspecified atom stereocenters. The molecule has 0 N–H and O–H groups in total. The fourth-order valence-electron chi connectivity index (χ4n) is 2.01. The predicted octanol–water partition coefficient (Wildman–Crippen LogP) is 4.55. The second-order valence-electron chi connectivity index (χ2n) is 4.75. The van der Waals surface area contributed by atoms with E-state index >= 15 is 0 Å². The molecule has 1 aromatic carbocycles. The lowest BCUT2D eigenvalue weighted by Crippen LogP contribution is -2.06. The minimum atomic E-state index is -4.38. The number of hydrogen-bond acceptors (Lipinski definition) is 3. The van der Waals surface area contributed by atoms with Gasteiger partial charge in [0.15, 0.2) is 10.8 Å². The Morgan fingerprint density at radius 1 is 1.04 bits per heavy atom. The first-order chi connectivity index (χ1) is 11.0. The average molecular weight is 335 g/mol. The van der Waals surface area contributed by atoms with Crippen molar-refractivity contribution in [2.24, 2.45) is 0 Å². The standard InChI is InChI=1S/C16H12F3N3S/c17-16(18,19)13-8-9-14-20-21-15(22(14)11-13)23-10-4-7-12-5-2-1-3-6-12/h1-9,11H,10H2/b7-4+. The third-order valence-electron chi connectivity index (χ3n) is 3.12. The zero-order chi connectivity index (χ0) is 16.3. The highest BCUT2D eigenvalue weighted by atomic mass is 32.2. The van der Waals surface area contributed by atoms with Gasteiger partial charge < -0.3 is 0 Å². The van der Waals surface area contributed by atoms with E-state index in [1.165, 1.54) is 22.2 Å². The van der Waals surface area contributed by atoms with Crippen molar-refractivity contribution in [1.82, 2.24) is 14.6 Å². The third kappa shape index (κ3) is 3.73. The zero-order valence-corrected chi connectivity index (χ0v) is 12.7. The molecule has 23 heavy (non-hydrogen) atoms. The van der Waals surface area contributed by atoms with Crippen molar-refractivity contribution in [2.45, 2.75) is 11.3 Å². The molecule has 2 heterocycles. The van der Waals surface area contributed by atoms with E-state index in [-0.39, 0.29) is 0 Å². The summed E-state index contributed by atoms with van der Waals surface area (Å²) < 4.78 is 39.7. The molecule has 0 bridgehead atoms. The molecule has 118 valence electrons. The summed E-state index contributed by atoms with van der Waals surface area (Å²) in [7, 11) is 0. The van der Waals surface area contributed by atoms with Gasteiger partial charge in [-0.05, 0) is 17.7 Å². The fraction of sp³-hybridized carbons (Fsp3) is 0.125. The van der Waals surface area contributed by atoms with E-state index in [1.54, 1.807) is 0 Å². The first-order valence-electron chi connectivity index (χ1n) is 6.80. The minimum absolute atomic E-state index is 0.396. The molecule has 7 heteroatoms. The van der Waals surface area contributed by atoms with Gasteiger partial charge in [0.25, 0.3) is 0 Å². The van der Waals surface area contributed by atoms with Crippen molar-refractivity contribution in [1.29, 1.82) is 0 Å². The summed E-state index contributed by atoms with van der Waals surface area (Å²) in [5.74, 6) is 0.589. The molecule has 0 aliphatic carbocycles. The first kappa shape index (κ1) is 15.6. The fourth-order valence-corrected chi connectivity index (χ4v) is 2.73. The van der Waals surface area contributed by atoms with Crippen molar-refractivity contribution in [3.05, 3.63) is 65.9 Å². The van der Waals surface area contributed by atoms with E-state index < -0.39 is 11.7 Å². The molecular formula is C16H12F3N3S. The maximum atomic E-state index is 12.8. The van der Waals surface area contributed by atoms with Gasteiger partial charge in [-0.2, -0.15) is 13.2 Å². The Morgan fingerprint density at radius 3 is 2.57 bits per heavy atom. The topological polar surface area (TPSA) is 30.2 Å². The molecular weight excluding hydrogens is 323 g/mol. The van der Waals surface area contributed by atoms with Crippen molar-refractivity contribution in [2.75, 3.05) is 5.75 Å². The number of aromatic nitrogens is 3. The maximum Gasteiger partial charge on any atom is 0.417 e. The van der Waals surface area contributed by atoms with Crippen LogP contribution in [0.2, 0.25) is 0 Å². The lowest BCUT2D eigenvalue weighted by molar-refractivity contribution is -0.137. The highest BCUT2D eigenvalue weighted by Gasteiger charge is 2.31. The van der Waals surface area contributed by atoms with Gasteiger partial charge in [-0.25, -0.2) is 0 Å². The number of alkyl halides is 3. The second-order valence-corrected chi connectivity index (χ2v) is 5.74. The number of nitrogens with zero attached hydrogens (tertiary/aromatic N) is 3. The van der Waals surface area contributed by atoms with Crippen LogP contribution in [0.1, 0.15) is 11.1 Å². The molecule has 0 atom stereocenters. The average Bonchev–Trinajstić information content (AvgIpc) is 2.94. The van der Waals surface area contributed by atoms with E-state index in [0.29, 0.717) is 16.6 Å². The Labute approximate surface area is 134 Å². The Morgan fingerprint density at radius 2 is 1.83 bits per heavy atom. The summed E-state index contributed by atoms with van der Waals surface area (Å²) in [6.45, 7) is 0. The van der Waals surface area contributed by atoms with Crippen LogP contribution in [0.4, 0.5) is 13.2 Å². The highest BCUT2D eigenvalue weighted by Crippen LogP contribution is 2.30. The van der Waals surface area contributed by atoms with Gasteiger partial charge in [0.1, 0.15) is 0 Å². The van der Waals surface area contributed by atoms with Gasteiger partial charge in [0.2, 0.25) is 0 Å². The summed E-state index contributed by atoms with van der Waals surface area (Å²) >= 11 is 1.33. The van der Waals surface area contributed by atoms with Gasteiger partial charge >= 0.3 is 6.18 Å². The second kappa shape index (κ2) is 6.45. The Kier molecular flexibility index (Phi) is 4.38. The van der Waals surface area contributed by atoms with Gasteiger partial charge in [-0.3, -0.25) is 4.40 Å². The third-order valence-corrected chi connectivity index (χ3v) is 4.01. The molecule has 0 aliphatic heterocycles. The van der Waals surface area contributed by atoms with E-state index in [9.17, 15) is 13.2 Å². The van der Waals surface area contributed by atoms with Gasteiger partial charge in [0, 0.05) is 11.9 Å². The number of fused-ring (bicyclic) bond motifs is 1. The Bertz CT molecular complexity index is 825. The SMILES string of the molecule is FC(F)(F)c1ccc2nnc(SC/C=C/c3ccccc3)n2c1. The van der Waals surface area contributed by atoms with Crippen LogP contribution in [0.25, 0.3) is 11.7 Å². The van der Waals surface area contributed by atoms with Crippen molar-refractivity contribution < 1.29 is 13.2 Å². The molecule has 3 aromatic rings. The molecule has 3 rings (SSSR count). The summed E-state index contributed by atoms with van der Waals surface area (Å²) in [6.07, 6.45) is 0.540. The Hall–Kier alpha value is -2.28. The molecule has 2 aromatic heterocycles. The van der Waals surface area contributed by atoms with Crippen LogP contribution in [0.3, 0.4) is 0 Å². The summed E-state index contributed by atoms with van der Waals surface area (Å²) in [5.41, 5.74) is 0.748. The summed E-state index contributed by atoms with van der Waals surface area (Å²) in [5, 5.41) is 8.25. The summed E-state index contributed by atoms with van der Waals surface area (Å²) in [4.78, 5) is 0. The van der Waals surface area contributed by atoms with Crippen LogP contribution < -0.4 is 0 Å². The number of rotatable bonds is 4. The Balaban J connectivity index is 1.74. The quantitative estimate of drug-likeness (QED) is 0.655. The molecule has 0 amide bonds. The maximum absolute atomic E-state index is 12.8. The number of thioether (sulfide) groups is 1. The predicted molar refractivity (Wildman–Crippen MR) is 84.2 cm³/mol. The van der Waals surface area contributed by atoms with E-state index in [4.69, 9.17) is 0 Å². The van der Waals surface area contributed by atoms with E-state index in [1.807, 2.05) is 42.5 Å². The normalized spacial score (nSPS) is 12.3. The van der Waals surface area contributed by atoms with Crippen LogP contribution in [-0.2, 0) is 6.18 Å². The molecule has 3 nitrogen and oxygen atoms in total. The zero-order valence-electron chi connectivity index (χ0n) is 11.9. The lowest BCUT2D eigenvalue weighted by atomic mass is 10.2. The first-order valence-corrected chi connectivity index (χ1v) is 7.79. The molecule has 0 saturated heterocycles. The number of hydrogen-bond donors (Lipinski definition) is 0. The van der Waals surface area contributed by atoms with E-state index in [0.717, 1.165) is 17.8 Å². The van der Waals surface area contributed by atoms with Crippen molar-refractivity contribution >= 4 is 23.5 Å². The number of benzene rings is 1. The van der Waals surface area contributed by atoms with Gasteiger partial charge in [-0.15, -0.1) is 10.2 Å². The van der Waals surface area contributed by atoms with Gasteiger partial charge in [0.05, 0.1) is 5.56 Å². The van der Waals surface area contributed by atoms with Crippen molar-refractivity contribution in [3.8, 4) is 0 Å². The molecule has 0 saturated carbocycles. The van der Waals surface area contributed by atoms with Gasteiger partial charge in [-0.1, -0.05) is 54.2 Å². The van der Waals surface area contributed by atoms with Crippen LogP contribution in [0, 0.1) is 0 Å². The summed E-state index contributed by atoms with van der Waals surface area (Å²) in [6, 6.07) is 12.1. The lowest BCUT2D eigenvalue weighted by Gasteiger charge is -2.06. The monoisotopic (exact) mass is 335 g/mol. The molecule has 0 fully saturated rings. The highest BCUT2D eigenvalue weighted by molar-refractivity contribution is 7.99. The van der Waals surface area contributed by atoms with Crippen LogP contribution in [0.5, 0.6) is 0 Å². The molecule has 0 spiro atoms. The van der Waals surface area contributed by atoms with Crippen LogP contribution in [-0.4, -0.2) is 20.4 Å². The van der Waals surface area contributed by atoms with E-state index in [2.05, 4.69) is 10.2 Å². The largest absolute Gasteiger partial charge is 0.417 e. The van der Waals surface area contributed by atoms with Crippen LogP contribution >= 0.6 is 11.8 Å². The minimum Gasteiger partial charge on any atom is -0.277 e. The molecule has 0 radical (unpaired) electrons.